The quantitative estimate of drug-likeness (QED) is 0.270. The third-order valence-electron chi connectivity index (χ3n) is 6.53. The summed E-state index contributed by atoms with van der Waals surface area (Å²) in [4.78, 5) is 41.6. The van der Waals surface area contributed by atoms with Crippen LogP contribution in [-0.4, -0.2) is 34.5 Å². The molecule has 3 amide bonds. The molecular weight excluding hydrogens is 490 g/mol. The lowest BCUT2D eigenvalue weighted by Crippen LogP contribution is -2.53. The van der Waals surface area contributed by atoms with Crippen molar-refractivity contribution in [1.82, 2.24) is 10.2 Å². The van der Waals surface area contributed by atoms with Gasteiger partial charge in [-0.3, -0.25) is 14.5 Å². The maximum atomic E-state index is 14.0. The van der Waals surface area contributed by atoms with Crippen molar-refractivity contribution in [3.8, 4) is 12.5 Å². The summed E-state index contributed by atoms with van der Waals surface area (Å²) >= 11 is 0. The van der Waals surface area contributed by atoms with Crippen LogP contribution >= 0.6 is 0 Å². The van der Waals surface area contributed by atoms with E-state index in [0.717, 1.165) is 21.2 Å². The molecule has 0 bridgehead atoms. The standard InChI is InChI=1S/C32H37N3O4/c1-8-21(3)27(34-31(38)39-32(5,6)7)30(37)35(9-2)28(26-17-13-10-14-22(26)4)29(36)33-25-19-18-23-15-11-12-16-24(23)20-25/h2,10-21,27-28H,8H2,1,3-7H3,(H,33,36)(H,34,38). The third kappa shape index (κ3) is 7.38. The minimum absolute atomic E-state index is 0.276. The van der Waals surface area contributed by atoms with E-state index in [0.29, 0.717) is 17.7 Å². The Bertz CT molecular complexity index is 1390. The van der Waals surface area contributed by atoms with Crippen molar-refractivity contribution in [1.29, 1.82) is 0 Å². The molecule has 0 heterocycles. The number of rotatable bonds is 8. The first kappa shape index (κ1) is 29.2. The number of amides is 3. The van der Waals surface area contributed by atoms with Gasteiger partial charge in [-0.15, -0.1) is 0 Å². The van der Waals surface area contributed by atoms with Crippen LogP contribution < -0.4 is 10.6 Å². The second-order valence-corrected chi connectivity index (χ2v) is 10.7. The molecule has 39 heavy (non-hydrogen) atoms. The van der Waals surface area contributed by atoms with Crippen LogP contribution in [-0.2, 0) is 14.3 Å². The van der Waals surface area contributed by atoms with Gasteiger partial charge in [0, 0.05) is 11.7 Å². The van der Waals surface area contributed by atoms with Gasteiger partial charge in [0.2, 0.25) is 0 Å². The van der Waals surface area contributed by atoms with Gasteiger partial charge in [-0.1, -0.05) is 81.3 Å². The van der Waals surface area contributed by atoms with Crippen molar-refractivity contribution in [3.63, 3.8) is 0 Å². The smallest absolute Gasteiger partial charge is 0.408 e. The van der Waals surface area contributed by atoms with E-state index >= 15 is 0 Å². The number of carbonyl (C=O) groups is 3. The summed E-state index contributed by atoms with van der Waals surface area (Å²) in [5, 5.41) is 7.63. The number of aryl methyl sites for hydroxylation is 1. The summed E-state index contributed by atoms with van der Waals surface area (Å²) < 4.78 is 5.40. The molecule has 0 fully saturated rings. The average molecular weight is 528 g/mol. The van der Waals surface area contributed by atoms with Crippen molar-refractivity contribution < 1.29 is 19.1 Å². The van der Waals surface area contributed by atoms with Gasteiger partial charge in [0.1, 0.15) is 17.7 Å². The number of alkyl carbamates (subject to hydrolysis) is 1. The SMILES string of the molecule is C#CN(C(=O)C(NC(=O)OC(C)(C)C)C(C)CC)C(C(=O)Nc1ccc2ccccc2c1)c1ccccc1C. The molecule has 7 nitrogen and oxygen atoms in total. The topological polar surface area (TPSA) is 87.7 Å². The molecule has 7 heteroatoms. The monoisotopic (exact) mass is 527 g/mol. The van der Waals surface area contributed by atoms with Crippen LogP contribution in [0, 0.1) is 25.3 Å². The fraction of sp³-hybridized carbons (Fsp3) is 0.344. The third-order valence-corrected chi connectivity index (χ3v) is 6.53. The molecule has 0 aromatic heterocycles. The average Bonchev–Trinajstić information content (AvgIpc) is 2.89. The Kier molecular flexibility index (Phi) is 9.37. The van der Waals surface area contributed by atoms with Crippen LogP contribution in [0.3, 0.4) is 0 Å². The van der Waals surface area contributed by atoms with Crippen LogP contribution in [0.5, 0.6) is 0 Å². The molecule has 0 spiro atoms. The minimum Gasteiger partial charge on any atom is -0.444 e. The van der Waals surface area contributed by atoms with E-state index in [4.69, 9.17) is 11.2 Å². The van der Waals surface area contributed by atoms with E-state index < -0.39 is 35.6 Å². The van der Waals surface area contributed by atoms with Crippen molar-refractivity contribution in [3.05, 3.63) is 77.9 Å². The van der Waals surface area contributed by atoms with Gasteiger partial charge in [-0.2, -0.15) is 0 Å². The van der Waals surface area contributed by atoms with Gasteiger partial charge in [0.05, 0.1) is 0 Å². The summed E-state index contributed by atoms with van der Waals surface area (Å²) in [6.45, 7) is 10.8. The number of fused-ring (bicyclic) bond motifs is 1. The van der Waals surface area contributed by atoms with Gasteiger partial charge >= 0.3 is 6.09 Å². The minimum atomic E-state index is -1.14. The predicted molar refractivity (Wildman–Crippen MR) is 155 cm³/mol. The zero-order chi connectivity index (χ0) is 28.7. The molecule has 0 aliphatic carbocycles. The maximum Gasteiger partial charge on any atom is 0.408 e. The van der Waals surface area contributed by atoms with Crippen LogP contribution in [0.4, 0.5) is 10.5 Å². The van der Waals surface area contributed by atoms with Gasteiger partial charge in [-0.05, 0) is 67.6 Å². The van der Waals surface area contributed by atoms with Crippen molar-refractivity contribution >= 4 is 34.4 Å². The molecule has 0 radical (unpaired) electrons. The molecule has 3 unspecified atom stereocenters. The highest BCUT2D eigenvalue weighted by atomic mass is 16.6. The molecule has 3 aromatic carbocycles. The summed E-state index contributed by atoms with van der Waals surface area (Å²) in [6, 6.07) is 21.0. The van der Waals surface area contributed by atoms with E-state index in [9.17, 15) is 14.4 Å². The van der Waals surface area contributed by atoms with Crippen LogP contribution in [0.15, 0.2) is 66.7 Å². The number of anilines is 1. The van der Waals surface area contributed by atoms with Crippen LogP contribution in [0.25, 0.3) is 10.8 Å². The Morgan fingerprint density at radius 1 is 1.00 bits per heavy atom. The van der Waals surface area contributed by atoms with Gasteiger partial charge in [0.25, 0.3) is 11.8 Å². The number of hydrogen-bond acceptors (Lipinski definition) is 4. The lowest BCUT2D eigenvalue weighted by molar-refractivity contribution is -0.137. The number of hydrogen-bond donors (Lipinski definition) is 2. The van der Waals surface area contributed by atoms with Crippen LogP contribution in [0.1, 0.15) is 58.2 Å². The largest absolute Gasteiger partial charge is 0.444 e. The fourth-order valence-electron chi connectivity index (χ4n) is 4.30. The molecule has 0 saturated carbocycles. The zero-order valence-electron chi connectivity index (χ0n) is 23.4. The van der Waals surface area contributed by atoms with Gasteiger partial charge in [-0.25, -0.2) is 4.79 Å². The molecular formula is C32H37N3O4. The normalized spacial score (nSPS) is 13.5. The zero-order valence-corrected chi connectivity index (χ0v) is 23.4. The number of carbonyl (C=O) groups excluding carboxylic acids is 3. The fourth-order valence-corrected chi connectivity index (χ4v) is 4.30. The molecule has 0 aliphatic rings. The molecule has 0 aliphatic heterocycles. The van der Waals surface area contributed by atoms with Crippen molar-refractivity contribution in [2.75, 3.05) is 5.32 Å². The highest BCUT2D eigenvalue weighted by molar-refractivity contribution is 6.01. The Morgan fingerprint density at radius 2 is 1.64 bits per heavy atom. The van der Waals surface area contributed by atoms with Gasteiger partial charge < -0.3 is 15.4 Å². The number of nitrogens with one attached hydrogen (secondary N) is 2. The first-order chi connectivity index (χ1) is 18.4. The lowest BCUT2D eigenvalue weighted by atomic mass is 9.94. The number of ether oxygens (including phenoxy) is 1. The molecule has 0 saturated heterocycles. The molecule has 3 atom stereocenters. The highest BCUT2D eigenvalue weighted by Gasteiger charge is 2.38. The van der Waals surface area contributed by atoms with E-state index in [1.807, 2.05) is 75.4 Å². The maximum absolute atomic E-state index is 14.0. The summed E-state index contributed by atoms with van der Waals surface area (Å²) in [6.07, 6.45) is 5.77. The van der Waals surface area contributed by atoms with E-state index in [2.05, 4.69) is 16.7 Å². The van der Waals surface area contributed by atoms with Gasteiger partial charge in [0.15, 0.2) is 0 Å². The predicted octanol–water partition coefficient (Wildman–Crippen LogP) is 6.19. The molecule has 3 aromatic rings. The van der Waals surface area contributed by atoms with E-state index in [1.165, 1.54) is 0 Å². The van der Waals surface area contributed by atoms with Crippen molar-refractivity contribution in [2.24, 2.45) is 5.92 Å². The number of nitrogens with zero attached hydrogens (tertiary/aromatic N) is 1. The second kappa shape index (κ2) is 12.5. The summed E-state index contributed by atoms with van der Waals surface area (Å²) in [5.74, 6) is -1.31. The van der Waals surface area contributed by atoms with E-state index in [-0.39, 0.29) is 5.92 Å². The van der Waals surface area contributed by atoms with E-state index in [1.54, 1.807) is 32.9 Å². The molecule has 3 rings (SSSR count). The molecule has 204 valence electrons. The Hall–Kier alpha value is -4.31. The second-order valence-electron chi connectivity index (χ2n) is 10.7. The number of benzene rings is 3. The number of terminal acetylenes is 1. The molecule has 2 N–H and O–H groups in total. The van der Waals surface area contributed by atoms with Crippen LogP contribution in [0.2, 0.25) is 0 Å². The Balaban J connectivity index is 2.00. The Morgan fingerprint density at radius 3 is 2.26 bits per heavy atom. The summed E-state index contributed by atoms with van der Waals surface area (Å²) in [7, 11) is 0. The summed E-state index contributed by atoms with van der Waals surface area (Å²) in [5.41, 5.74) is 1.21. The first-order valence-electron chi connectivity index (χ1n) is 13.1. The highest BCUT2D eigenvalue weighted by Crippen LogP contribution is 2.28. The lowest BCUT2D eigenvalue weighted by Gasteiger charge is -2.33. The van der Waals surface area contributed by atoms with Crippen molar-refractivity contribution in [2.45, 2.75) is 65.6 Å². The first-order valence-corrected chi connectivity index (χ1v) is 13.1. The Labute approximate surface area is 230 Å².